The van der Waals surface area contributed by atoms with Gasteiger partial charge < -0.3 is 15.7 Å². The van der Waals surface area contributed by atoms with E-state index in [0.29, 0.717) is 48.8 Å². The van der Waals surface area contributed by atoms with Crippen LogP contribution in [-0.4, -0.2) is 47.9 Å². The fraction of sp³-hybridized carbons (Fsp3) is 0.821. The van der Waals surface area contributed by atoms with E-state index in [-0.39, 0.29) is 23.0 Å². The summed E-state index contributed by atoms with van der Waals surface area (Å²) in [5.41, 5.74) is 2.75. The van der Waals surface area contributed by atoms with Gasteiger partial charge in [-0.3, -0.25) is 9.63 Å². The molecule has 2 unspecified atom stereocenters. The predicted octanol–water partition coefficient (Wildman–Crippen LogP) is 4.35. The number of amides is 1. The average Bonchev–Trinajstić information content (AvgIpc) is 3.40. The summed E-state index contributed by atoms with van der Waals surface area (Å²) in [6.07, 6.45) is 11.3. The van der Waals surface area contributed by atoms with Gasteiger partial charge in [-0.1, -0.05) is 24.6 Å². The smallest absolute Gasteiger partial charge is 0.391 e. The molecule has 1 saturated heterocycles. The van der Waals surface area contributed by atoms with E-state index in [0.717, 1.165) is 37.9 Å². The molecule has 0 aromatic carbocycles. The number of allylic oxidation sites excluding steroid dienone is 1. The lowest BCUT2D eigenvalue weighted by molar-refractivity contribution is -0.117. The molecular formula is C28H43N3O4. The highest BCUT2D eigenvalue weighted by molar-refractivity contribution is 5.91. The Kier molecular flexibility index (Phi) is 6.86. The minimum Gasteiger partial charge on any atom is -0.391 e. The summed E-state index contributed by atoms with van der Waals surface area (Å²) in [5.74, 6) is 2.73. The summed E-state index contributed by atoms with van der Waals surface area (Å²) in [4.78, 5) is 29.5. The molecular weight excluding hydrogens is 442 g/mol. The number of hydrogen-bond donors (Lipinski definition) is 3. The first-order chi connectivity index (χ1) is 16.7. The quantitative estimate of drug-likeness (QED) is 0.305. The number of oxime groups is 1. The number of ketones is 1. The number of aliphatic hydroxyl groups is 1. The normalized spacial score (nSPS) is 43.1. The van der Waals surface area contributed by atoms with E-state index in [9.17, 15) is 14.7 Å². The highest BCUT2D eigenvalue weighted by Crippen LogP contribution is 2.66. The van der Waals surface area contributed by atoms with Crippen molar-refractivity contribution in [1.29, 1.82) is 0 Å². The average molecular weight is 486 g/mol. The van der Waals surface area contributed by atoms with E-state index in [1.807, 2.05) is 13.0 Å². The van der Waals surface area contributed by atoms with Crippen LogP contribution in [0, 0.1) is 34.5 Å². The lowest BCUT2D eigenvalue weighted by Crippen LogP contribution is -2.51. The zero-order chi connectivity index (χ0) is 24.8. The standard InChI is InChI=1S/C28H43N3O4/c1-17(31-35-26(34)30-14-10-24-25(33)11-15-29-24)21-6-7-22-20-5-4-18-16-19(32)8-12-27(18,2)23(20)9-13-28(21,22)3/h16,20-25,29,33H,4-15H2,1-3H3,(H,30,34)/b31-17+/t20-,21+,22-,23-,24?,25?,27-,28+/m0/s1. The van der Waals surface area contributed by atoms with Crippen LogP contribution in [0.3, 0.4) is 0 Å². The van der Waals surface area contributed by atoms with Crippen LogP contribution in [0.5, 0.6) is 0 Å². The first-order valence-corrected chi connectivity index (χ1v) is 13.9. The maximum atomic E-state index is 12.2. The minimum atomic E-state index is -0.522. The van der Waals surface area contributed by atoms with Gasteiger partial charge in [0.1, 0.15) is 0 Å². The zero-order valence-electron chi connectivity index (χ0n) is 21.6. The van der Waals surface area contributed by atoms with Crippen LogP contribution in [0.15, 0.2) is 16.8 Å². The van der Waals surface area contributed by atoms with Crippen molar-refractivity contribution < 1.29 is 19.5 Å². The second-order valence-corrected chi connectivity index (χ2v) is 12.4. The molecule has 5 aliphatic rings. The van der Waals surface area contributed by atoms with E-state index in [1.54, 1.807) is 0 Å². The van der Waals surface area contributed by atoms with E-state index >= 15 is 0 Å². The number of carbonyl (C=O) groups excluding carboxylic acids is 2. The molecule has 5 rings (SSSR count). The van der Waals surface area contributed by atoms with Gasteiger partial charge in [-0.25, -0.2) is 4.79 Å². The van der Waals surface area contributed by atoms with Crippen LogP contribution in [0.1, 0.15) is 85.0 Å². The molecule has 3 saturated carbocycles. The maximum Gasteiger partial charge on any atom is 0.433 e. The Hall–Kier alpha value is -1.73. The lowest BCUT2D eigenvalue weighted by atomic mass is 9.46. The predicted molar refractivity (Wildman–Crippen MR) is 135 cm³/mol. The van der Waals surface area contributed by atoms with Crippen molar-refractivity contribution in [1.82, 2.24) is 10.6 Å². The van der Waals surface area contributed by atoms with Crippen LogP contribution in [0.2, 0.25) is 0 Å². The van der Waals surface area contributed by atoms with Crippen molar-refractivity contribution in [2.24, 2.45) is 39.7 Å². The molecule has 35 heavy (non-hydrogen) atoms. The van der Waals surface area contributed by atoms with Gasteiger partial charge >= 0.3 is 6.09 Å². The van der Waals surface area contributed by atoms with Crippen molar-refractivity contribution in [3.63, 3.8) is 0 Å². The van der Waals surface area contributed by atoms with Crippen molar-refractivity contribution in [2.45, 2.75) is 97.1 Å². The molecule has 1 heterocycles. The summed E-state index contributed by atoms with van der Waals surface area (Å²) in [5, 5.41) is 20.2. The molecule has 4 aliphatic carbocycles. The van der Waals surface area contributed by atoms with E-state index in [2.05, 4.69) is 29.6 Å². The van der Waals surface area contributed by atoms with Gasteiger partial charge in [0.05, 0.1) is 11.8 Å². The van der Waals surface area contributed by atoms with E-state index in [4.69, 9.17) is 4.84 Å². The third kappa shape index (κ3) is 4.48. The SMILES string of the molecule is C/C(=N\OC(=O)NCCC1NCCC1O)[C@H]1CC[C@H]2[C@@H]3CCC4=CC(=O)CC[C@]4(C)[C@H]3CC[C@]12C. The summed E-state index contributed by atoms with van der Waals surface area (Å²) in [6, 6.07) is 0.0359. The molecule has 0 radical (unpaired) electrons. The molecule has 7 nitrogen and oxygen atoms in total. The van der Waals surface area contributed by atoms with Crippen LogP contribution in [0.25, 0.3) is 0 Å². The molecule has 7 heteroatoms. The maximum absolute atomic E-state index is 12.2. The Morgan fingerprint density at radius 1 is 1.17 bits per heavy atom. The topological polar surface area (TPSA) is 100 Å². The largest absolute Gasteiger partial charge is 0.433 e. The number of nitrogens with zero attached hydrogens (tertiary/aromatic N) is 1. The number of fused-ring (bicyclic) bond motifs is 5. The van der Waals surface area contributed by atoms with E-state index in [1.165, 1.54) is 31.3 Å². The third-order valence-electron chi connectivity index (χ3n) is 10.8. The van der Waals surface area contributed by atoms with Gasteiger partial charge in [0, 0.05) is 24.9 Å². The second-order valence-electron chi connectivity index (χ2n) is 12.4. The Balaban J connectivity index is 1.19. The summed E-state index contributed by atoms with van der Waals surface area (Å²) in [7, 11) is 0. The Labute approximate surface area is 209 Å². The molecule has 4 fully saturated rings. The van der Waals surface area contributed by atoms with Gasteiger partial charge in [0.15, 0.2) is 5.78 Å². The van der Waals surface area contributed by atoms with Crippen LogP contribution >= 0.6 is 0 Å². The first kappa shape index (κ1) is 24.9. The van der Waals surface area contributed by atoms with Gasteiger partial charge in [-0.05, 0) is 106 Å². The fourth-order valence-electron chi connectivity index (χ4n) is 8.83. The Morgan fingerprint density at radius 2 is 2.00 bits per heavy atom. The highest BCUT2D eigenvalue weighted by Gasteiger charge is 2.59. The summed E-state index contributed by atoms with van der Waals surface area (Å²) in [6.45, 7) is 8.17. The van der Waals surface area contributed by atoms with Crippen LogP contribution in [-0.2, 0) is 9.63 Å². The number of hydrogen-bond acceptors (Lipinski definition) is 6. The highest BCUT2D eigenvalue weighted by atomic mass is 16.7. The Morgan fingerprint density at radius 3 is 2.77 bits per heavy atom. The molecule has 0 aromatic rings. The molecule has 0 bridgehead atoms. The van der Waals surface area contributed by atoms with Crippen molar-refractivity contribution >= 4 is 17.6 Å². The summed E-state index contributed by atoms with van der Waals surface area (Å²) < 4.78 is 0. The second kappa shape index (κ2) is 9.62. The number of nitrogens with one attached hydrogen (secondary N) is 2. The molecule has 1 aliphatic heterocycles. The minimum absolute atomic E-state index is 0.0359. The lowest BCUT2D eigenvalue weighted by Gasteiger charge is -2.58. The molecule has 1 amide bonds. The first-order valence-electron chi connectivity index (χ1n) is 13.9. The zero-order valence-corrected chi connectivity index (χ0v) is 21.6. The van der Waals surface area contributed by atoms with Gasteiger partial charge in [0.2, 0.25) is 0 Å². The number of aliphatic hydroxyl groups excluding tert-OH is 1. The number of carbonyl (C=O) groups is 2. The monoisotopic (exact) mass is 485 g/mol. The van der Waals surface area contributed by atoms with Crippen molar-refractivity contribution in [3.05, 3.63) is 11.6 Å². The van der Waals surface area contributed by atoms with Gasteiger partial charge in [0.25, 0.3) is 0 Å². The molecule has 0 spiro atoms. The molecule has 194 valence electrons. The van der Waals surface area contributed by atoms with E-state index < -0.39 is 6.09 Å². The van der Waals surface area contributed by atoms with Crippen molar-refractivity contribution in [3.8, 4) is 0 Å². The Bertz CT molecular complexity index is 916. The van der Waals surface area contributed by atoms with Gasteiger partial charge in [-0.15, -0.1) is 0 Å². The van der Waals surface area contributed by atoms with Crippen LogP contribution < -0.4 is 10.6 Å². The molecule has 0 aromatic heterocycles. The third-order valence-corrected chi connectivity index (χ3v) is 10.8. The van der Waals surface area contributed by atoms with Crippen LogP contribution in [0.4, 0.5) is 4.79 Å². The van der Waals surface area contributed by atoms with Gasteiger partial charge in [-0.2, -0.15) is 0 Å². The fourth-order valence-corrected chi connectivity index (χ4v) is 8.83. The van der Waals surface area contributed by atoms with Crippen molar-refractivity contribution in [2.75, 3.05) is 13.1 Å². The molecule has 8 atom stereocenters. The molecule has 3 N–H and O–H groups in total. The summed E-state index contributed by atoms with van der Waals surface area (Å²) >= 11 is 0. The number of rotatable bonds is 5.